The van der Waals surface area contributed by atoms with Crippen LogP contribution < -0.4 is 10.2 Å². The Kier molecular flexibility index (Phi) is 4.73. The van der Waals surface area contributed by atoms with E-state index < -0.39 is 4.92 Å². The molecule has 0 unspecified atom stereocenters. The van der Waals surface area contributed by atoms with E-state index in [1.165, 1.54) is 0 Å². The Morgan fingerprint density at radius 1 is 1.11 bits per heavy atom. The summed E-state index contributed by atoms with van der Waals surface area (Å²) < 4.78 is 10.2. The van der Waals surface area contributed by atoms with Crippen LogP contribution in [0.2, 0.25) is 10.0 Å². The maximum atomic E-state index is 11.7. The van der Waals surface area contributed by atoms with Gasteiger partial charge in [0.1, 0.15) is 5.69 Å². The monoisotopic (exact) mass is 409 g/mol. The van der Waals surface area contributed by atoms with Gasteiger partial charge in [-0.05, 0) is 34.6 Å². The summed E-state index contributed by atoms with van der Waals surface area (Å²) in [6, 6.07) is 6.48. The number of nitrogens with zero attached hydrogens (tertiary/aromatic N) is 4. The van der Waals surface area contributed by atoms with Gasteiger partial charge < -0.3 is 15.0 Å². The van der Waals surface area contributed by atoms with E-state index >= 15 is 0 Å². The number of anilines is 3. The van der Waals surface area contributed by atoms with Gasteiger partial charge in [-0.15, -0.1) is 0 Å². The molecule has 1 N–H and O–H groups in total. The first-order valence-electron chi connectivity index (χ1n) is 8.03. The number of nitro benzene ring substituents is 1. The van der Waals surface area contributed by atoms with E-state index in [0.29, 0.717) is 53.2 Å². The zero-order chi connectivity index (χ0) is 19.0. The van der Waals surface area contributed by atoms with Gasteiger partial charge in [-0.2, -0.15) is 0 Å². The fraction of sp³-hybridized carbons (Fsp3) is 0.250. The number of aromatic nitrogens is 2. The number of ether oxygens (including phenoxy) is 1. The third kappa shape index (κ3) is 3.36. The van der Waals surface area contributed by atoms with Crippen molar-refractivity contribution in [3.8, 4) is 0 Å². The number of morpholine rings is 1. The fourth-order valence-electron chi connectivity index (χ4n) is 2.98. The average molecular weight is 410 g/mol. The minimum Gasteiger partial charge on any atom is -0.378 e. The van der Waals surface area contributed by atoms with E-state index in [0.717, 1.165) is 0 Å². The van der Waals surface area contributed by atoms with Gasteiger partial charge in [0, 0.05) is 18.1 Å². The summed E-state index contributed by atoms with van der Waals surface area (Å²) in [5.74, 6) is 0. The third-order valence-electron chi connectivity index (χ3n) is 4.22. The summed E-state index contributed by atoms with van der Waals surface area (Å²) in [6.45, 7) is 2.34. The van der Waals surface area contributed by atoms with Crippen molar-refractivity contribution < 1.29 is 14.3 Å². The maximum Gasteiger partial charge on any atom is 0.324 e. The van der Waals surface area contributed by atoms with Crippen molar-refractivity contribution in [1.29, 1.82) is 0 Å². The summed E-state index contributed by atoms with van der Waals surface area (Å²) in [7, 11) is 0. The molecule has 1 saturated heterocycles. The molecule has 3 aromatic rings. The zero-order valence-electron chi connectivity index (χ0n) is 13.8. The highest BCUT2D eigenvalue weighted by molar-refractivity contribution is 6.35. The number of halogens is 2. The second-order valence-electron chi connectivity index (χ2n) is 5.86. The van der Waals surface area contributed by atoms with Crippen molar-refractivity contribution >= 4 is 57.0 Å². The van der Waals surface area contributed by atoms with Crippen molar-refractivity contribution in [1.82, 2.24) is 10.3 Å². The smallest absolute Gasteiger partial charge is 0.324 e. The Morgan fingerprint density at radius 2 is 1.85 bits per heavy atom. The number of rotatable bonds is 4. The molecule has 4 rings (SSSR count). The molecule has 0 bridgehead atoms. The first kappa shape index (κ1) is 17.8. The number of fused-ring (bicyclic) bond motifs is 1. The van der Waals surface area contributed by atoms with Gasteiger partial charge >= 0.3 is 5.69 Å². The standard InChI is InChI=1S/C16H13Cl2N5O4/c17-9-1-2-10(18)11(7-9)19-12-8-13(22-3-5-26-6-4-22)14-15(21-27-20-14)16(12)23(24)25/h1-2,7-8,19H,3-6H2. The lowest BCUT2D eigenvalue weighted by molar-refractivity contribution is -0.382. The van der Waals surface area contributed by atoms with Gasteiger partial charge in [0.05, 0.1) is 34.5 Å². The predicted molar refractivity (Wildman–Crippen MR) is 101 cm³/mol. The van der Waals surface area contributed by atoms with Crippen molar-refractivity contribution in [2.75, 3.05) is 36.5 Å². The molecule has 9 nitrogen and oxygen atoms in total. The topological polar surface area (TPSA) is 107 Å². The van der Waals surface area contributed by atoms with Crippen LogP contribution in [-0.4, -0.2) is 41.5 Å². The minimum atomic E-state index is -0.531. The number of benzene rings is 2. The molecule has 11 heteroatoms. The van der Waals surface area contributed by atoms with Gasteiger partial charge in [-0.25, -0.2) is 4.63 Å². The van der Waals surface area contributed by atoms with Crippen LogP contribution in [0.1, 0.15) is 0 Å². The third-order valence-corrected chi connectivity index (χ3v) is 4.79. The van der Waals surface area contributed by atoms with Crippen LogP contribution in [0.25, 0.3) is 11.0 Å². The second-order valence-corrected chi connectivity index (χ2v) is 6.70. The average Bonchev–Trinajstić information content (AvgIpc) is 3.13. The Hall–Kier alpha value is -2.62. The molecule has 140 valence electrons. The Morgan fingerprint density at radius 3 is 2.59 bits per heavy atom. The molecule has 1 aromatic heterocycles. The molecule has 0 spiro atoms. The Balaban J connectivity index is 1.88. The minimum absolute atomic E-state index is 0.0599. The van der Waals surface area contributed by atoms with E-state index in [4.69, 9.17) is 32.6 Å². The fourth-order valence-corrected chi connectivity index (χ4v) is 3.31. The molecular weight excluding hydrogens is 397 g/mol. The van der Waals surface area contributed by atoms with Crippen molar-refractivity contribution in [2.45, 2.75) is 0 Å². The van der Waals surface area contributed by atoms with E-state index in [2.05, 4.69) is 15.6 Å². The molecule has 1 aliphatic rings. The molecule has 0 atom stereocenters. The summed E-state index contributed by atoms with van der Waals surface area (Å²) >= 11 is 12.2. The van der Waals surface area contributed by atoms with Crippen molar-refractivity contribution in [2.24, 2.45) is 0 Å². The maximum absolute atomic E-state index is 11.7. The summed E-state index contributed by atoms with van der Waals surface area (Å²) in [4.78, 5) is 13.2. The number of hydrogen-bond donors (Lipinski definition) is 1. The molecule has 27 heavy (non-hydrogen) atoms. The number of nitro groups is 1. The molecule has 0 saturated carbocycles. The first-order valence-corrected chi connectivity index (χ1v) is 8.78. The molecule has 1 aliphatic heterocycles. The zero-order valence-corrected chi connectivity index (χ0v) is 15.3. The Labute approximate surface area is 162 Å². The van der Waals surface area contributed by atoms with E-state index in [9.17, 15) is 10.1 Å². The van der Waals surface area contributed by atoms with Gasteiger partial charge in [0.2, 0.25) is 5.52 Å². The summed E-state index contributed by atoms with van der Waals surface area (Å²) in [5.41, 5.74) is 1.46. The lowest BCUT2D eigenvalue weighted by Crippen LogP contribution is -2.36. The van der Waals surface area contributed by atoms with Crippen molar-refractivity contribution in [3.63, 3.8) is 0 Å². The van der Waals surface area contributed by atoms with Gasteiger partial charge in [0.25, 0.3) is 0 Å². The summed E-state index contributed by atoms with van der Waals surface area (Å²) in [5, 5.41) is 23.2. The highest BCUT2D eigenvalue weighted by Gasteiger charge is 2.28. The van der Waals surface area contributed by atoms with Crippen LogP contribution in [0.15, 0.2) is 28.9 Å². The molecule has 0 radical (unpaired) electrons. The Bertz CT molecular complexity index is 1020. The van der Waals surface area contributed by atoms with Gasteiger partial charge in [-0.3, -0.25) is 10.1 Å². The summed E-state index contributed by atoms with van der Waals surface area (Å²) in [6.07, 6.45) is 0. The second kappa shape index (κ2) is 7.18. The molecule has 1 fully saturated rings. The molecular formula is C16H13Cl2N5O4. The van der Waals surface area contributed by atoms with Gasteiger partial charge in [-0.1, -0.05) is 23.2 Å². The van der Waals surface area contributed by atoms with Crippen LogP contribution >= 0.6 is 23.2 Å². The highest BCUT2D eigenvalue weighted by Crippen LogP contribution is 2.41. The SMILES string of the molecule is O=[N+]([O-])c1c(Nc2cc(Cl)ccc2Cl)cc(N2CCOCC2)c2nonc12. The highest BCUT2D eigenvalue weighted by atomic mass is 35.5. The van der Waals surface area contributed by atoms with Crippen molar-refractivity contribution in [3.05, 3.63) is 44.4 Å². The van der Waals surface area contributed by atoms with Crippen LogP contribution in [0.3, 0.4) is 0 Å². The van der Waals surface area contributed by atoms with E-state index in [1.54, 1.807) is 24.3 Å². The number of nitrogens with one attached hydrogen (secondary N) is 1. The molecule has 0 aliphatic carbocycles. The first-order chi connectivity index (χ1) is 13.0. The predicted octanol–water partition coefficient (Wildman–Crippen LogP) is 4.02. The van der Waals surface area contributed by atoms with E-state index in [1.807, 2.05) is 4.90 Å². The molecule has 0 amide bonds. The quantitative estimate of drug-likeness (QED) is 0.508. The lowest BCUT2D eigenvalue weighted by atomic mass is 10.1. The molecule has 2 heterocycles. The largest absolute Gasteiger partial charge is 0.378 e. The van der Waals surface area contributed by atoms with Crippen LogP contribution in [0.4, 0.5) is 22.7 Å². The van der Waals surface area contributed by atoms with E-state index in [-0.39, 0.29) is 16.9 Å². The van der Waals surface area contributed by atoms with Crippen LogP contribution in [-0.2, 0) is 4.74 Å². The molecule has 2 aromatic carbocycles. The normalized spacial score (nSPS) is 14.5. The number of hydrogen-bond acceptors (Lipinski definition) is 8. The van der Waals surface area contributed by atoms with Crippen LogP contribution in [0.5, 0.6) is 0 Å². The lowest BCUT2D eigenvalue weighted by Gasteiger charge is -2.29. The van der Waals surface area contributed by atoms with Gasteiger partial charge in [0.15, 0.2) is 5.52 Å². The van der Waals surface area contributed by atoms with Crippen LogP contribution in [0, 0.1) is 10.1 Å².